The molecule has 0 aliphatic rings. The molecule has 0 bridgehead atoms. The molecule has 0 spiro atoms. The first-order chi connectivity index (χ1) is 10.6. The molecule has 118 valence electrons. The van der Waals surface area contributed by atoms with Gasteiger partial charge in [0.15, 0.2) is 14.5 Å². The summed E-state index contributed by atoms with van der Waals surface area (Å²) < 4.78 is 29.9. The Labute approximate surface area is 138 Å². The topological polar surface area (TPSA) is 52.1 Å². The minimum absolute atomic E-state index is 0.0320. The zero-order valence-electron chi connectivity index (χ0n) is 11.5. The van der Waals surface area contributed by atoms with Crippen molar-refractivity contribution in [3.63, 3.8) is 0 Å². The van der Waals surface area contributed by atoms with Gasteiger partial charge in [0.2, 0.25) is 0 Å². The fourth-order valence-electron chi connectivity index (χ4n) is 1.47. The smallest absolute Gasteiger partial charge is 0.387 e. The summed E-state index contributed by atoms with van der Waals surface area (Å²) in [4.78, 5) is 12.0. The lowest BCUT2D eigenvalue weighted by molar-refractivity contribution is -0.0498. The lowest BCUT2D eigenvalue weighted by Crippen LogP contribution is -2.04. The third-order valence-electron chi connectivity index (χ3n) is 2.38. The molecular weight excluding hydrogens is 350 g/mol. The van der Waals surface area contributed by atoms with Crippen LogP contribution in [0.5, 0.6) is 5.75 Å². The molecule has 22 heavy (non-hydrogen) atoms. The van der Waals surface area contributed by atoms with Crippen LogP contribution in [0.15, 0.2) is 32.9 Å². The van der Waals surface area contributed by atoms with Crippen LogP contribution in [-0.2, 0) is 0 Å². The molecule has 4 nitrogen and oxygen atoms in total. The Morgan fingerprint density at radius 3 is 2.45 bits per heavy atom. The van der Waals surface area contributed by atoms with Gasteiger partial charge in [-0.3, -0.25) is 4.79 Å². The number of alkyl halides is 2. The van der Waals surface area contributed by atoms with E-state index in [9.17, 15) is 13.6 Å². The van der Waals surface area contributed by atoms with Crippen LogP contribution in [0, 0.1) is 0 Å². The second kappa shape index (κ2) is 8.44. The monoisotopic (exact) mass is 362 g/mol. The highest BCUT2D eigenvalue weighted by Crippen LogP contribution is 2.29. The fraction of sp³-hybridized carbons (Fsp3) is 0.308. The van der Waals surface area contributed by atoms with E-state index in [1.807, 2.05) is 6.92 Å². The second-order valence-electron chi connectivity index (χ2n) is 3.88. The number of carbonyl (C=O) groups excluding carboxylic acids is 1. The molecule has 9 heteroatoms. The number of nitrogens with zero attached hydrogens (tertiary/aromatic N) is 2. The van der Waals surface area contributed by atoms with Gasteiger partial charge in [-0.2, -0.15) is 8.78 Å². The van der Waals surface area contributed by atoms with Crippen molar-refractivity contribution in [2.45, 2.75) is 22.2 Å². The molecule has 0 unspecified atom stereocenters. The molecule has 0 fully saturated rings. The molecule has 0 N–H and O–H groups in total. The molecule has 2 rings (SSSR count). The Morgan fingerprint density at radius 2 is 1.86 bits per heavy atom. The van der Waals surface area contributed by atoms with Gasteiger partial charge < -0.3 is 4.74 Å². The zero-order chi connectivity index (χ0) is 15.9. The third kappa shape index (κ3) is 5.22. The fourth-order valence-corrected chi connectivity index (χ4v) is 4.28. The number of hydrogen-bond donors (Lipinski definition) is 0. The van der Waals surface area contributed by atoms with Gasteiger partial charge in [0.1, 0.15) is 5.75 Å². The summed E-state index contributed by atoms with van der Waals surface area (Å²) in [5, 5.41) is 8.01. The minimum Gasteiger partial charge on any atom is -0.435 e. The first-order valence-electron chi connectivity index (χ1n) is 6.25. The van der Waals surface area contributed by atoms with Gasteiger partial charge in [-0.1, -0.05) is 41.8 Å². The van der Waals surface area contributed by atoms with Gasteiger partial charge in [-0.15, -0.1) is 10.2 Å². The molecule has 0 aliphatic carbocycles. The van der Waals surface area contributed by atoms with Crippen LogP contribution in [0.3, 0.4) is 0 Å². The number of rotatable bonds is 8. The van der Waals surface area contributed by atoms with Crippen molar-refractivity contribution < 1.29 is 18.3 Å². The molecule has 0 aliphatic heterocycles. The van der Waals surface area contributed by atoms with Crippen LogP contribution >= 0.6 is 34.9 Å². The van der Waals surface area contributed by atoms with Crippen LogP contribution in [-0.4, -0.2) is 34.1 Å². The van der Waals surface area contributed by atoms with Crippen molar-refractivity contribution in [3.8, 4) is 5.75 Å². The second-order valence-corrected chi connectivity index (χ2v) is 7.59. The van der Waals surface area contributed by atoms with Gasteiger partial charge in [0.25, 0.3) is 0 Å². The average Bonchev–Trinajstić information content (AvgIpc) is 2.93. The maximum Gasteiger partial charge on any atom is 0.387 e. The van der Waals surface area contributed by atoms with Crippen LogP contribution < -0.4 is 4.74 Å². The molecule has 2 aromatic rings. The van der Waals surface area contributed by atoms with Crippen molar-refractivity contribution in [3.05, 3.63) is 29.8 Å². The largest absolute Gasteiger partial charge is 0.435 e. The highest BCUT2D eigenvalue weighted by Gasteiger charge is 2.11. The summed E-state index contributed by atoms with van der Waals surface area (Å²) in [6.45, 7) is -0.839. The molecule has 1 heterocycles. The van der Waals surface area contributed by atoms with Gasteiger partial charge in [0.05, 0.1) is 5.75 Å². The molecule has 0 radical (unpaired) electrons. The molecule has 0 atom stereocenters. The molecule has 0 amide bonds. The Balaban J connectivity index is 1.88. The SMILES string of the molecule is CCSc1nnc(SCC(=O)c2ccc(OC(F)F)cc2)s1. The summed E-state index contributed by atoms with van der Waals surface area (Å²) in [5.74, 6) is 1.07. The van der Waals surface area contributed by atoms with E-state index in [2.05, 4.69) is 14.9 Å². The van der Waals surface area contributed by atoms with Crippen LogP contribution in [0.4, 0.5) is 8.78 Å². The van der Waals surface area contributed by atoms with Crippen molar-refractivity contribution in [2.75, 3.05) is 11.5 Å². The number of halogens is 2. The van der Waals surface area contributed by atoms with E-state index in [0.717, 1.165) is 14.4 Å². The normalized spacial score (nSPS) is 10.9. The Hall–Kier alpha value is -1.19. The van der Waals surface area contributed by atoms with Gasteiger partial charge >= 0.3 is 6.61 Å². The molecular formula is C13H12F2N2O2S3. The predicted molar refractivity (Wildman–Crippen MR) is 84.4 cm³/mol. The van der Waals surface area contributed by atoms with E-state index >= 15 is 0 Å². The number of aromatic nitrogens is 2. The summed E-state index contributed by atoms with van der Waals surface area (Å²) in [6, 6.07) is 5.65. The van der Waals surface area contributed by atoms with E-state index in [4.69, 9.17) is 0 Å². The highest BCUT2D eigenvalue weighted by atomic mass is 32.2. The average molecular weight is 362 g/mol. The van der Waals surface area contributed by atoms with E-state index < -0.39 is 6.61 Å². The van der Waals surface area contributed by atoms with Crippen molar-refractivity contribution >= 4 is 40.6 Å². The molecule has 0 saturated heterocycles. The molecule has 0 saturated carbocycles. The van der Waals surface area contributed by atoms with Crippen LogP contribution in [0.1, 0.15) is 17.3 Å². The minimum atomic E-state index is -2.87. The summed E-state index contributed by atoms with van der Waals surface area (Å²) in [6.07, 6.45) is 0. The van der Waals surface area contributed by atoms with E-state index in [0.29, 0.717) is 5.56 Å². The van der Waals surface area contributed by atoms with Crippen molar-refractivity contribution in [1.82, 2.24) is 10.2 Å². The number of ether oxygens (including phenoxy) is 1. The zero-order valence-corrected chi connectivity index (χ0v) is 13.9. The maximum atomic E-state index is 12.0. The molecule has 1 aromatic carbocycles. The van der Waals surface area contributed by atoms with Crippen molar-refractivity contribution in [1.29, 1.82) is 0 Å². The standard InChI is InChI=1S/C13H12F2N2O2S3/c1-2-20-12-16-17-13(22-12)21-7-10(18)8-3-5-9(6-4-8)19-11(14)15/h3-6,11H,2,7H2,1H3. The Morgan fingerprint density at radius 1 is 1.23 bits per heavy atom. The predicted octanol–water partition coefficient (Wildman–Crippen LogP) is 4.23. The van der Waals surface area contributed by atoms with E-state index in [1.165, 1.54) is 47.4 Å². The lowest BCUT2D eigenvalue weighted by atomic mass is 10.1. The number of benzene rings is 1. The van der Waals surface area contributed by atoms with E-state index in [1.54, 1.807) is 11.8 Å². The summed E-state index contributed by atoms with van der Waals surface area (Å²) in [5.41, 5.74) is 0.446. The first-order valence-corrected chi connectivity index (χ1v) is 9.04. The number of carbonyl (C=O) groups is 1. The highest BCUT2D eigenvalue weighted by molar-refractivity contribution is 8.03. The summed E-state index contributed by atoms with van der Waals surface area (Å²) >= 11 is 4.37. The van der Waals surface area contributed by atoms with Gasteiger partial charge in [-0.05, 0) is 30.0 Å². The Kier molecular flexibility index (Phi) is 6.59. The van der Waals surface area contributed by atoms with E-state index in [-0.39, 0.29) is 17.3 Å². The van der Waals surface area contributed by atoms with Crippen molar-refractivity contribution in [2.24, 2.45) is 0 Å². The third-order valence-corrected chi connectivity index (χ3v) is 5.46. The number of thioether (sulfide) groups is 2. The summed E-state index contributed by atoms with van der Waals surface area (Å²) in [7, 11) is 0. The molecule has 1 aromatic heterocycles. The number of hydrogen-bond acceptors (Lipinski definition) is 7. The lowest BCUT2D eigenvalue weighted by Gasteiger charge is -2.04. The number of ketones is 1. The maximum absolute atomic E-state index is 12.0. The number of Topliss-reactive ketones (excluding diaryl/α,β-unsaturated/α-hetero) is 1. The Bertz CT molecular complexity index is 620. The van der Waals surface area contributed by atoms with Gasteiger partial charge in [0, 0.05) is 5.56 Å². The van der Waals surface area contributed by atoms with Crippen LogP contribution in [0.25, 0.3) is 0 Å². The van der Waals surface area contributed by atoms with Crippen LogP contribution in [0.2, 0.25) is 0 Å². The quantitative estimate of drug-likeness (QED) is 0.517. The first kappa shape index (κ1) is 17.2. The van der Waals surface area contributed by atoms with Gasteiger partial charge in [-0.25, -0.2) is 0 Å².